The van der Waals surface area contributed by atoms with Crippen molar-refractivity contribution >= 4 is 11.7 Å². The zero-order chi connectivity index (χ0) is 12.8. The highest BCUT2D eigenvalue weighted by Crippen LogP contribution is 2.40. The lowest BCUT2D eigenvalue weighted by molar-refractivity contribution is -0.117. The van der Waals surface area contributed by atoms with Gasteiger partial charge in [0.15, 0.2) is 5.90 Å². The van der Waals surface area contributed by atoms with Gasteiger partial charge in [0.2, 0.25) is 0 Å². The SMILES string of the molecule is CC1(C)COC([C@H]2CC(=O)C[C@@H]2c2ccco2)=N1. The Bertz CT molecular complexity index is 487. The van der Waals surface area contributed by atoms with Crippen LogP contribution in [0.3, 0.4) is 0 Å². The summed E-state index contributed by atoms with van der Waals surface area (Å²) in [6.45, 7) is 4.68. The third kappa shape index (κ3) is 1.96. The van der Waals surface area contributed by atoms with E-state index in [1.807, 2.05) is 26.0 Å². The van der Waals surface area contributed by atoms with Gasteiger partial charge in [0.05, 0.1) is 17.7 Å². The number of aliphatic imine (C=N–C) groups is 1. The van der Waals surface area contributed by atoms with Crippen molar-refractivity contribution in [2.75, 3.05) is 6.61 Å². The third-order valence-electron chi connectivity index (χ3n) is 3.59. The maximum Gasteiger partial charge on any atom is 0.188 e. The molecule has 1 saturated carbocycles. The van der Waals surface area contributed by atoms with Crippen LogP contribution >= 0.6 is 0 Å². The molecule has 1 aliphatic heterocycles. The minimum absolute atomic E-state index is 0.0467. The fourth-order valence-corrected chi connectivity index (χ4v) is 2.72. The maximum atomic E-state index is 11.7. The number of carbonyl (C=O) groups excluding carboxylic acids is 1. The number of hydrogen-bond acceptors (Lipinski definition) is 4. The van der Waals surface area contributed by atoms with Crippen LogP contribution in [0.15, 0.2) is 27.8 Å². The summed E-state index contributed by atoms with van der Waals surface area (Å²) in [6.07, 6.45) is 2.69. The summed E-state index contributed by atoms with van der Waals surface area (Å²) >= 11 is 0. The van der Waals surface area contributed by atoms with Crippen LogP contribution in [0, 0.1) is 5.92 Å². The summed E-state index contributed by atoms with van der Waals surface area (Å²) in [5.41, 5.74) is -0.172. The first-order valence-electron chi connectivity index (χ1n) is 6.33. The van der Waals surface area contributed by atoms with Crippen molar-refractivity contribution in [3.63, 3.8) is 0 Å². The highest BCUT2D eigenvalue weighted by Gasteiger charge is 2.42. The number of rotatable bonds is 2. The van der Waals surface area contributed by atoms with Crippen molar-refractivity contribution in [3.8, 4) is 0 Å². The van der Waals surface area contributed by atoms with E-state index in [4.69, 9.17) is 9.15 Å². The number of ketones is 1. The van der Waals surface area contributed by atoms with Crippen molar-refractivity contribution in [2.45, 2.75) is 38.1 Å². The second-order valence-electron chi connectivity index (χ2n) is 5.73. The lowest BCUT2D eigenvalue weighted by atomic mass is 9.93. The van der Waals surface area contributed by atoms with Crippen LogP contribution in [0.2, 0.25) is 0 Å². The smallest absolute Gasteiger partial charge is 0.188 e. The van der Waals surface area contributed by atoms with E-state index >= 15 is 0 Å². The molecular weight excluding hydrogens is 230 g/mol. The molecule has 1 aliphatic carbocycles. The van der Waals surface area contributed by atoms with Gasteiger partial charge in [-0.25, -0.2) is 4.99 Å². The highest BCUT2D eigenvalue weighted by atomic mass is 16.5. The topological polar surface area (TPSA) is 51.8 Å². The summed E-state index contributed by atoms with van der Waals surface area (Å²) in [5.74, 6) is 1.98. The first kappa shape index (κ1) is 11.5. The molecule has 0 N–H and O–H groups in total. The first-order valence-corrected chi connectivity index (χ1v) is 6.33. The molecule has 96 valence electrons. The molecule has 4 nitrogen and oxygen atoms in total. The average Bonchev–Trinajstić information content (AvgIpc) is 2.96. The zero-order valence-electron chi connectivity index (χ0n) is 10.7. The Morgan fingerprint density at radius 1 is 1.33 bits per heavy atom. The summed E-state index contributed by atoms with van der Waals surface area (Å²) in [7, 11) is 0. The van der Waals surface area contributed by atoms with Crippen molar-refractivity contribution in [1.82, 2.24) is 0 Å². The van der Waals surface area contributed by atoms with Gasteiger partial charge in [-0.15, -0.1) is 0 Å². The fourth-order valence-electron chi connectivity index (χ4n) is 2.72. The molecule has 18 heavy (non-hydrogen) atoms. The van der Waals surface area contributed by atoms with Gasteiger partial charge in [-0.05, 0) is 26.0 Å². The Morgan fingerprint density at radius 3 is 2.72 bits per heavy atom. The second kappa shape index (κ2) is 3.97. The molecule has 2 aliphatic rings. The predicted octanol–water partition coefficient (Wildman–Crippen LogP) is 2.55. The number of furan rings is 1. The number of Topliss-reactive ketones (excluding diaryl/α,β-unsaturated/α-hetero) is 1. The Labute approximate surface area is 106 Å². The Balaban J connectivity index is 1.89. The molecule has 0 unspecified atom stereocenters. The average molecular weight is 247 g/mol. The van der Waals surface area contributed by atoms with Crippen molar-refractivity contribution in [2.24, 2.45) is 10.9 Å². The van der Waals surface area contributed by atoms with Gasteiger partial charge in [0.25, 0.3) is 0 Å². The van der Waals surface area contributed by atoms with Crippen LogP contribution in [0.25, 0.3) is 0 Å². The Kier molecular flexibility index (Phi) is 2.54. The molecule has 2 heterocycles. The minimum Gasteiger partial charge on any atom is -0.478 e. The molecule has 4 heteroatoms. The van der Waals surface area contributed by atoms with Gasteiger partial charge < -0.3 is 9.15 Å². The highest BCUT2D eigenvalue weighted by molar-refractivity contribution is 5.92. The summed E-state index contributed by atoms with van der Waals surface area (Å²) in [6, 6.07) is 3.79. The molecule has 3 rings (SSSR count). The van der Waals surface area contributed by atoms with E-state index in [2.05, 4.69) is 4.99 Å². The summed E-state index contributed by atoms with van der Waals surface area (Å²) in [5, 5.41) is 0. The van der Waals surface area contributed by atoms with Gasteiger partial charge >= 0.3 is 0 Å². The van der Waals surface area contributed by atoms with E-state index in [1.54, 1.807) is 6.26 Å². The lowest BCUT2D eigenvalue weighted by Gasteiger charge is -2.15. The molecule has 0 aromatic carbocycles. The van der Waals surface area contributed by atoms with Crippen molar-refractivity contribution < 1.29 is 13.9 Å². The van der Waals surface area contributed by atoms with E-state index in [0.29, 0.717) is 19.4 Å². The van der Waals surface area contributed by atoms with Crippen LogP contribution in [0.5, 0.6) is 0 Å². The van der Waals surface area contributed by atoms with E-state index < -0.39 is 0 Å². The third-order valence-corrected chi connectivity index (χ3v) is 3.59. The molecule has 1 fully saturated rings. The van der Waals surface area contributed by atoms with E-state index in [-0.39, 0.29) is 23.2 Å². The van der Waals surface area contributed by atoms with Crippen LogP contribution in [-0.4, -0.2) is 23.8 Å². The molecule has 1 aromatic heterocycles. The quantitative estimate of drug-likeness (QED) is 0.807. The molecular formula is C14H17NO3. The molecule has 0 saturated heterocycles. The standard InChI is InChI=1S/C14H17NO3/c1-14(2)8-18-13(15-14)11-7-9(16)6-10(11)12-4-3-5-17-12/h3-5,10-11H,6-8H2,1-2H3/t10-,11-/m0/s1. The fraction of sp³-hybridized carbons (Fsp3) is 0.571. The van der Waals surface area contributed by atoms with Gasteiger partial charge in [-0.2, -0.15) is 0 Å². The number of carbonyl (C=O) groups is 1. The van der Waals surface area contributed by atoms with Crippen molar-refractivity contribution in [3.05, 3.63) is 24.2 Å². The van der Waals surface area contributed by atoms with Gasteiger partial charge in [0, 0.05) is 18.8 Å². The monoisotopic (exact) mass is 247 g/mol. The predicted molar refractivity (Wildman–Crippen MR) is 66.6 cm³/mol. The number of ether oxygens (including phenoxy) is 1. The molecule has 1 aromatic rings. The molecule has 0 amide bonds. The van der Waals surface area contributed by atoms with Crippen LogP contribution in [-0.2, 0) is 9.53 Å². The van der Waals surface area contributed by atoms with E-state index in [0.717, 1.165) is 11.7 Å². The van der Waals surface area contributed by atoms with Crippen LogP contribution < -0.4 is 0 Å². The minimum atomic E-state index is -0.172. The second-order valence-corrected chi connectivity index (χ2v) is 5.73. The van der Waals surface area contributed by atoms with Crippen LogP contribution in [0.1, 0.15) is 38.4 Å². The van der Waals surface area contributed by atoms with Gasteiger partial charge in [0.1, 0.15) is 18.2 Å². The zero-order valence-corrected chi connectivity index (χ0v) is 10.7. The van der Waals surface area contributed by atoms with E-state index in [1.165, 1.54) is 0 Å². The van der Waals surface area contributed by atoms with Gasteiger partial charge in [-0.1, -0.05) is 0 Å². The largest absolute Gasteiger partial charge is 0.478 e. The number of nitrogens with zero attached hydrogens (tertiary/aromatic N) is 1. The molecule has 0 radical (unpaired) electrons. The summed E-state index contributed by atoms with van der Waals surface area (Å²) < 4.78 is 11.1. The van der Waals surface area contributed by atoms with Crippen LogP contribution in [0.4, 0.5) is 0 Å². The van der Waals surface area contributed by atoms with Gasteiger partial charge in [-0.3, -0.25) is 4.79 Å². The maximum absolute atomic E-state index is 11.7. The first-order chi connectivity index (χ1) is 8.55. The van der Waals surface area contributed by atoms with E-state index in [9.17, 15) is 4.79 Å². The Morgan fingerprint density at radius 2 is 2.11 bits per heavy atom. The lowest BCUT2D eigenvalue weighted by Crippen LogP contribution is -2.18. The molecule has 0 bridgehead atoms. The Hall–Kier alpha value is -1.58. The van der Waals surface area contributed by atoms with Crippen molar-refractivity contribution in [1.29, 1.82) is 0 Å². The molecule has 2 atom stereocenters. The molecule has 0 spiro atoms. The normalized spacial score (nSPS) is 30.3. The number of hydrogen-bond donors (Lipinski definition) is 0. The summed E-state index contributed by atoms with van der Waals surface area (Å²) in [4.78, 5) is 16.3.